The number of hydrogen-bond acceptors (Lipinski definition) is 0. The second-order valence-electron chi connectivity index (χ2n) is 7.04. The summed E-state index contributed by atoms with van der Waals surface area (Å²) >= 11 is 0. The molecule has 0 aromatic rings. The summed E-state index contributed by atoms with van der Waals surface area (Å²) in [7, 11) is 0. The van der Waals surface area contributed by atoms with Crippen molar-refractivity contribution in [3.05, 3.63) is 6.92 Å². The lowest BCUT2D eigenvalue weighted by Gasteiger charge is -2.26. The van der Waals surface area contributed by atoms with E-state index in [0.29, 0.717) is 0 Å². The Balaban J connectivity index is 3.85. The maximum atomic E-state index is 4.05. The molecule has 3 unspecified atom stereocenters. The van der Waals surface area contributed by atoms with E-state index in [0.717, 1.165) is 24.2 Å². The van der Waals surface area contributed by atoms with Gasteiger partial charge in [-0.15, -0.1) is 0 Å². The molecule has 0 amide bonds. The molecule has 0 saturated heterocycles. The van der Waals surface area contributed by atoms with E-state index in [4.69, 9.17) is 0 Å². The minimum Gasteiger partial charge on any atom is -0.0654 e. The van der Waals surface area contributed by atoms with Crippen molar-refractivity contribution in [3.63, 3.8) is 0 Å². The van der Waals surface area contributed by atoms with Gasteiger partial charge in [-0.3, -0.25) is 0 Å². The zero-order chi connectivity index (χ0) is 15.2. The summed E-state index contributed by atoms with van der Waals surface area (Å²) in [4.78, 5) is 0. The molecule has 0 spiro atoms. The molecule has 3 atom stereocenters. The summed E-state index contributed by atoms with van der Waals surface area (Å²) in [5, 5.41) is 0. The fourth-order valence-electron chi connectivity index (χ4n) is 3.24. The van der Waals surface area contributed by atoms with Crippen molar-refractivity contribution >= 4 is 0 Å². The molecule has 0 rings (SSSR count). The second kappa shape index (κ2) is 14.0. The van der Waals surface area contributed by atoms with Gasteiger partial charge in [-0.05, 0) is 24.2 Å². The predicted octanol–water partition coefficient (Wildman–Crippen LogP) is 7.43. The van der Waals surface area contributed by atoms with Crippen molar-refractivity contribution in [2.24, 2.45) is 17.8 Å². The first kappa shape index (κ1) is 20.0. The van der Waals surface area contributed by atoms with Crippen LogP contribution in [0.2, 0.25) is 0 Å². The summed E-state index contributed by atoms with van der Waals surface area (Å²) in [6, 6.07) is 0. The van der Waals surface area contributed by atoms with Crippen LogP contribution in [0.3, 0.4) is 0 Å². The van der Waals surface area contributed by atoms with Crippen LogP contribution in [0.4, 0.5) is 0 Å². The van der Waals surface area contributed by atoms with Gasteiger partial charge in [0, 0.05) is 0 Å². The minimum absolute atomic E-state index is 0.876. The molecule has 0 N–H and O–H groups in total. The first-order valence-electron chi connectivity index (χ1n) is 9.44. The van der Waals surface area contributed by atoms with Crippen LogP contribution in [-0.4, -0.2) is 0 Å². The summed E-state index contributed by atoms with van der Waals surface area (Å²) in [5.74, 6) is 2.72. The molecular formula is C20H41. The zero-order valence-corrected chi connectivity index (χ0v) is 14.9. The van der Waals surface area contributed by atoms with E-state index in [9.17, 15) is 0 Å². The van der Waals surface area contributed by atoms with Gasteiger partial charge in [-0.2, -0.15) is 0 Å². The molecule has 0 aromatic heterocycles. The molecule has 0 heteroatoms. The quantitative estimate of drug-likeness (QED) is 0.290. The Morgan fingerprint density at radius 1 is 0.800 bits per heavy atom. The minimum atomic E-state index is 0.876. The van der Waals surface area contributed by atoms with Crippen LogP contribution in [0.5, 0.6) is 0 Å². The Labute approximate surface area is 130 Å². The van der Waals surface area contributed by atoms with Crippen molar-refractivity contribution in [1.29, 1.82) is 0 Å². The molecule has 0 aliphatic heterocycles. The molecule has 121 valence electrons. The smallest absolute Gasteiger partial charge is 0.0386 e. The third-order valence-corrected chi connectivity index (χ3v) is 5.04. The maximum absolute atomic E-state index is 4.05. The first-order valence-corrected chi connectivity index (χ1v) is 9.44. The van der Waals surface area contributed by atoms with Crippen LogP contribution >= 0.6 is 0 Å². The second-order valence-corrected chi connectivity index (χ2v) is 7.04. The highest BCUT2D eigenvalue weighted by Gasteiger charge is 2.18. The summed E-state index contributed by atoms with van der Waals surface area (Å²) in [6.07, 6.45) is 16.7. The van der Waals surface area contributed by atoms with Gasteiger partial charge < -0.3 is 0 Å². The van der Waals surface area contributed by atoms with Gasteiger partial charge >= 0.3 is 0 Å². The molecule has 0 aliphatic rings. The summed E-state index contributed by atoms with van der Waals surface area (Å²) < 4.78 is 0. The van der Waals surface area contributed by atoms with E-state index in [-0.39, 0.29) is 0 Å². The van der Waals surface area contributed by atoms with E-state index >= 15 is 0 Å². The van der Waals surface area contributed by atoms with E-state index < -0.39 is 0 Å². The SMILES string of the molecule is [CH2]CCC(C)C(CCCCCCCCC)CC(C)CC. The lowest BCUT2D eigenvalue weighted by Crippen LogP contribution is -2.15. The fourth-order valence-corrected chi connectivity index (χ4v) is 3.24. The summed E-state index contributed by atoms with van der Waals surface area (Å²) in [5.41, 5.74) is 0. The molecule has 0 fully saturated rings. The molecular weight excluding hydrogens is 240 g/mol. The van der Waals surface area contributed by atoms with Crippen LogP contribution in [0.25, 0.3) is 0 Å². The monoisotopic (exact) mass is 281 g/mol. The van der Waals surface area contributed by atoms with Gasteiger partial charge in [0.1, 0.15) is 0 Å². The largest absolute Gasteiger partial charge is 0.0654 e. The van der Waals surface area contributed by atoms with Crippen LogP contribution < -0.4 is 0 Å². The Hall–Kier alpha value is 0. The highest BCUT2D eigenvalue weighted by atomic mass is 14.2. The van der Waals surface area contributed by atoms with Crippen molar-refractivity contribution < 1.29 is 0 Å². The molecule has 20 heavy (non-hydrogen) atoms. The van der Waals surface area contributed by atoms with E-state index in [2.05, 4.69) is 34.6 Å². The van der Waals surface area contributed by atoms with E-state index in [1.54, 1.807) is 0 Å². The average Bonchev–Trinajstić information content (AvgIpc) is 2.45. The van der Waals surface area contributed by atoms with Crippen LogP contribution in [-0.2, 0) is 0 Å². The Morgan fingerprint density at radius 3 is 1.95 bits per heavy atom. The lowest BCUT2D eigenvalue weighted by molar-refractivity contribution is 0.253. The van der Waals surface area contributed by atoms with Crippen molar-refractivity contribution in [2.45, 2.75) is 105 Å². The standard InChI is InChI=1S/C20H41/c1-6-9-10-11-12-13-14-16-20(17-18(4)8-3)19(5)15-7-2/h18-20H,2,6-17H2,1,3-5H3. The molecule has 0 aromatic carbocycles. The fraction of sp³-hybridized carbons (Fsp3) is 0.950. The third-order valence-electron chi connectivity index (χ3n) is 5.04. The predicted molar refractivity (Wildman–Crippen MR) is 93.9 cm³/mol. The number of rotatable bonds is 14. The highest BCUT2D eigenvalue weighted by Crippen LogP contribution is 2.30. The van der Waals surface area contributed by atoms with Crippen molar-refractivity contribution in [2.75, 3.05) is 0 Å². The first-order chi connectivity index (χ1) is 9.65. The molecule has 0 bridgehead atoms. The van der Waals surface area contributed by atoms with Crippen LogP contribution in [0.1, 0.15) is 105 Å². The average molecular weight is 282 g/mol. The van der Waals surface area contributed by atoms with Gasteiger partial charge in [0.25, 0.3) is 0 Å². The van der Waals surface area contributed by atoms with Crippen molar-refractivity contribution in [3.8, 4) is 0 Å². The van der Waals surface area contributed by atoms with Gasteiger partial charge in [0.15, 0.2) is 0 Å². The third kappa shape index (κ3) is 10.7. The molecule has 0 heterocycles. The van der Waals surface area contributed by atoms with Gasteiger partial charge in [-0.25, -0.2) is 0 Å². The topological polar surface area (TPSA) is 0 Å². The van der Waals surface area contributed by atoms with Crippen LogP contribution in [0.15, 0.2) is 0 Å². The maximum Gasteiger partial charge on any atom is -0.0386 e. The van der Waals surface area contributed by atoms with Gasteiger partial charge in [0.2, 0.25) is 0 Å². The Kier molecular flexibility index (Phi) is 14.0. The Bertz CT molecular complexity index is 184. The van der Waals surface area contributed by atoms with Crippen LogP contribution in [0, 0.1) is 24.7 Å². The van der Waals surface area contributed by atoms with E-state index in [1.807, 2.05) is 0 Å². The number of hydrogen-bond donors (Lipinski definition) is 0. The molecule has 0 saturated carbocycles. The molecule has 0 aliphatic carbocycles. The number of unbranched alkanes of at least 4 members (excludes halogenated alkanes) is 6. The normalized spacial score (nSPS) is 16.1. The van der Waals surface area contributed by atoms with Gasteiger partial charge in [-0.1, -0.05) is 105 Å². The zero-order valence-electron chi connectivity index (χ0n) is 14.9. The van der Waals surface area contributed by atoms with Gasteiger partial charge in [0.05, 0.1) is 0 Å². The molecule has 1 radical (unpaired) electrons. The van der Waals surface area contributed by atoms with Crippen molar-refractivity contribution in [1.82, 2.24) is 0 Å². The Morgan fingerprint density at radius 2 is 1.40 bits per heavy atom. The molecule has 0 nitrogen and oxygen atoms in total. The summed E-state index contributed by atoms with van der Waals surface area (Å²) in [6.45, 7) is 13.6. The van der Waals surface area contributed by atoms with E-state index in [1.165, 1.54) is 70.6 Å². The highest BCUT2D eigenvalue weighted by molar-refractivity contribution is 4.70. The lowest BCUT2D eigenvalue weighted by atomic mass is 9.80.